The van der Waals surface area contributed by atoms with Gasteiger partial charge in [-0.25, -0.2) is 4.79 Å². The van der Waals surface area contributed by atoms with Gasteiger partial charge in [0.05, 0.1) is 37.6 Å². The zero-order valence-electron chi connectivity index (χ0n) is 21.7. The molecule has 0 radical (unpaired) electrons. The van der Waals surface area contributed by atoms with Crippen molar-refractivity contribution in [2.24, 2.45) is 0 Å². The molecule has 1 amide bonds. The molecule has 0 saturated carbocycles. The molecule has 1 aliphatic heterocycles. The van der Waals surface area contributed by atoms with Crippen LogP contribution in [-0.2, 0) is 26.6 Å². The Kier molecular flexibility index (Phi) is 8.61. The van der Waals surface area contributed by atoms with Crippen molar-refractivity contribution in [3.63, 3.8) is 0 Å². The second-order valence-corrected chi connectivity index (χ2v) is 8.90. The Balaban J connectivity index is 2.31. The van der Waals surface area contributed by atoms with Crippen LogP contribution in [0.4, 0.5) is 36.8 Å². The lowest BCUT2D eigenvalue weighted by molar-refractivity contribution is -0.148. The number of methoxy groups -OCH3 is 2. The number of carbonyl (C=O) groups is 2. The highest BCUT2D eigenvalue weighted by Crippen LogP contribution is 2.51. The van der Waals surface area contributed by atoms with Gasteiger partial charge in [-0.05, 0) is 55.7 Å². The van der Waals surface area contributed by atoms with E-state index in [-0.39, 0.29) is 41.8 Å². The maximum atomic E-state index is 13.6. The fourth-order valence-corrected chi connectivity index (χ4v) is 4.69. The van der Waals surface area contributed by atoms with Crippen molar-refractivity contribution in [3.05, 3.63) is 52.6 Å². The first-order valence-corrected chi connectivity index (χ1v) is 11.8. The standard InChI is InChI=1S/C26H27F6NO6/c1-6-38-24(35)33-13(2)7-19(18-11-21(36-4)22(37-5)12-20(18)33)23(39-14(3)34)15-8-16(25(27,28)29)10-17(9-15)26(30,31)32/h8-13,19,23H,6-7H2,1-5H3/t13-,19-,23-/m1/s1. The predicted molar refractivity (Wildman–Crippen MR) is 127 cm³/mol. The molecule has 1 heterocycles. The third kappa shape index (κ3) is 6.34. The summed E-state index contributed by atoms with van der Waals surface area (Å²) in [7, 11) is 2.69. The van der Waals surface area contributed by atoms with Gasteiger partial charge in [0.2, 0.25) is 0 Å². The van der Waals surface area contributed by atoms with E-state index in [0.29, 0.717) is 12.1 Å². The molecular weight excluding hydrogens is 536 g/mol. The molecule has 2 aromatic carbocycles. The monoisotopic (exact) mass is 563 g/mol. The van der Waals surface area contributed by atoms with Crippen LogP contribution in [0.15, 0.2) is 30.3 Å². The second-order valence-electron chi connectivity index (χ2n) is 8.90. The van der Waals surface area contributed by atoms with Crippen molar-refractivity contribution in [2.45, 2.75) is 57.6 Å². The van der Waals surface area contributed by atoms with Crippen molar-refractivity contribution in [1.29, 1.82) is 0 Å². The normalized spacial score (nSPS) is 18.2. The smallest absolute Gasteiger partial charge is 0.416 e. The minimum Gasteiger partial charge on any atom is -0.493 e. The summed E-state index contributed by atoms with van der Waals surface area (Å²) in [5.74, 6) is -1.51. The summed E-state index contributed by atoms with van der Waals surface area (Å²) >= 11 is 0. The van der Waals surface area contributed by atoms with Crippen LogP contribution < -0.4 is 14.4 Å². The van der Waals surface area contributed by atoms with Crippen molar-refractivity contribution >= 4 is 17.7 Å². The summed E-state index contributed by atoms with van der Waals surface area (Å²) in [5, 5.41) is 0. The van der Waals surface area contributed by atoms with Gasteiger partial charge in [0, 0.05) is 24.9 Å². The lowest BCUT2D eigenvalue weighted by Crippen LogP contribution is -2.44. The molecule has 0 spiro atoms. The van der Waals surface area contributed by atoms with Crippen LogP contribution in [0.3, 0.4) is 0 Å². The molecular formula is C26H27F6NO6. The highest BCUT2D eigenvalue weighted by molar-refractivity contribution is 5.91. The van der Waals surface area contributed by atoms with Crippen LogP contribution in [0, 0.1) is 0 Å². The zero-order valence-corrected chi connectivity index (χ0v) is 21.7. The van der Waals surface area contributed by atoms with Gasteiger partial charge in [-0.2, -0.15) is 26.3 Å². The number of hydrogen-bond acceptors (Lipinski definition) is 6. The Hall–Kier alpha value is -3.64. The van der Waals surface area contributed by atoms with E-state index in [9.17, 15) is 35.9 Å². The number of ether oxygens (including phenoxy) is 4. The Morgan fingerprint density at radius 3 is 1.95 bits per heavy atom. The second kappa shape index (κ2) is 11.2. The fourth-order valence-electron chi connectivity index (χ4n) is 4.69. The largest absolute Gasteiger partial charge is 0.493 e. The molecule has 214 valence electrons. The highest BCUT2D eigenvalue weighted by atomic mass is 19.4. The van der Waals surface area contributed by atoms with E-state index in [4.69, 9.17) is 18.9 Å². The van der Waals surface area contributed by atoms with E-state index >= 15 is 0 Å². The highest BCUT2D eigenvalue weighted by Gasteiger charge is 2.43. The topological polar surface area (TPSA) is 74.3 Å². The van der Waals surface area contributed by atoms with Crippen LogP contribution in [0.2, 0.25) is 0 Å². The molecule has 0 N–H and O–H groups in total. The molecule has 2 aromatic rings. The quantitative estimate of drug-likeness (QED) is 0.282. The minimum atomic E-state index is -5.11. The molecule has 7 nitrogen and oxygen atoms in total. The van der Waals surface area contributed by atoms with Crippen LogP contribution >= 0.6 is 0 Å². The summed E-state index contributed by atoms with van der Waals surface area (Å²) in [6.45, 7) is 4.28. The molecule has 0 aliphatic carbocycles. The lowest BCUT2D eigenvalue weighted by Gasteiger charge is -2.41. The number of nitrogens with zero attached hydrogens (tertiary/aromatic N) is 1. The molecule has 0 aromatic heterocycles. The average Bonchev–Trinajstić information content (AvgIpc) is 2.84. The minimum absolute atomic E-state index is 0.00213. The van der Waals surface area contributed by atoms with Crippen LogP contribution in [0.5, 0.6) is 11.5 Å². The van der Waals surface area contributed by atoms with E-state index in [0.717, 1.165) is 6.92 Å². The first kappa shape index (κ1) is 29.9. The van der Waals surface area contributed by atoms with Crippen LogP contribution in [0.1, 0.15) is 61.5 Å². The van der Waals surface area contributed by atoms with Gasteiger partial charge in [0.25, 0.3) is 0 Å². The van der Waals surface area contributed by atoms with Gasteiger partial charge in [-0.3, -0.25) is 9.69 Å². The molecule has 3 rings (SSSR count). The zero-order chi connectivity index (χ0) is 29.3. The van der Waals surface area contributed by atoms with Gasteiger partial charge in [-0.15, -0.1) is 0 Å². The molecule has 1 aliphatic rings. The molecule has 0 unspecified atom stereocenters. The number of rotatable bonds is 6. The van der Waals surface area contributed by atoms with Crippen LogP contribution in [0.25, 0.3) is 0 Å². The Morgan fingerprint density at radius 2 is 1.49 bits per heavy atom. The molecule has 3 atom stereocenters. The van der Waals surface area contributed by atoms with Crippen molar-refractivity contribution in [1.82, 2.24) is 0 Å². The van der Waals surface area contributed by atoms with Crippen molar-refractivity contribution < 1.29 is 54.9 Å². The van der Waals surface area contributed by atoms with E-state index in [1.54, 1.807) is 13.8 Å². The summed E-state index contributed by atoms with van der Waals surface area (Å²) in [6.07, 6.45) is -12.5. The Bertz CT molecular complexity index is 1200. The number of benzene rings is 2. The number of fused-ring (bicyclic) bond motifs is 1. The number of anilines is 1. The van der Waals surface area contributed by atoms with Gasteiger partial charge in [-0.1, -0.05) is 0 Å². The molecule has 0 fully saturated rings. The molecule has 0 bridgehead atoms. The van der Waals surface area contributed by atoms with Gasteiger partial charge >= 0.3 is 24.4 Å². The molecule has 39 heavy (non-hydrogen) atoms. The number of esters is 1. The third-order valence-electron chi connectivity index (χ3n) is 6.29. The lowest BCUT2D eigenvalue weighted by atomic mass is 9.79. The maximum Gasteiger partial charge on any atom is 0.416 e. The maximum absolute atomic E-state index is 13.6. The predicted octanol–water partition coefficient (Wildman–Crippen LogP) is 6.88. The van der Waals surface area contributed by atoms with E-state index in [1.807, 2.05) is 0 Å². The Labute approximate surface area is 220 Å². The fraction of sp³-hybridized carbons (Fsp3) is 0.462. The number of carbonyl (C=O) groups excluding carboxylic acids is 2. The number of halogens is 6. The number of alkyl halides is 6. The molecule has 0 saturated heterocycles. The Morgan fingerprint density at radius 1 is 0.949 bits per heavy atom. The van der Waals surface area contributed by atoms with Gasteiger partial charge in [0.15, 0.2) is 11.5 Å². The summed E-state index contributed by atoms with van der Waals surface area (Å²) < 4.78 is 103. The summed E-state index contributed by atoms with van der Waals surface area (Å²) in [5.41, 5.74) is -3.11. The van der Waals surface area contributed by atoms with Gasteiger partial charge < -0.3 is 18.9 Å². The summed E-state index contributed by atoms with van der Waals surface area (Å²) in [4.78, 5) is 26.3. The number of amides is 1. The van der Waals surface area contributed by atoms with Gasteiger partial charge in [0.1, 0.15) is 6.10 Å². The van der Waals surface area contributed by atoms with E-state index in [2.05, 4.69) is 0 Å². The number of hydrogen-bond donors (Lipinski definition) is 0. The first-order chi connectivity index (χ1) is 18.1. The molecule has 13 heteroatoms. The first-order valence-electron chi connectivity index (χ1n) is 11.8. The average molecular weight is 563 g/mol. The van der Waals surface area contributed by atoms with Crippen molar-refractivity contribution in [2.75, 3.05) is 25.7 Å². The summed E-state index contributed by atoms with van der Waals surface area (Å²) in [6, 6.07) is 3.31. The van der Waals surface area contributed by atoms with Crippen molar-refractivity contribution in [3.8, 4) is 11.5 Å². The van der Waals surface area contributed by atoms with Crippen LogP contribution in [-0.4, -0.2) is 38.9 Å². The SMILES string of the molecule is CCOC(=O)N1c2cc(OC)c(OC)cc2[C@H]([C@H](OC(C)=O)c2cc(C(F)(F)F)cc(C(F)(F)F)c2)C[C@H]1C. The third-order valence-corrected chi connectivity index (χ3v) is 6.29. The van der Waals surface area contributed by atoms with E-state index in [1.165, 1.54) is 31.3 Å². The van der Waals surface area contributed by atoms with E-state index < -0.39 is 59.2 Å².